The second-order valence-electron chi connectivity index (χ2n) is 6.98. The molecular formula is C14H20F2N3O13P3. The van der Waals surface area contributed by atoms with Crippen LogP contribution in [-0.4, -0.2) is 64.9 Å². The lowest BCUT2D eigenvalue weighted by atomic mass is 9.94. The molecule has 1 saturated heterocycles. The predicted molar refractivity (Wildman–Crippen MR) is 110 cm³/mol. The maximum Gasteiger partial charge on any atom is 0.490 e. The van der Waals surface area contributed by atoms with Crippen LogP contribution in [0.5, 0.6) is 0 Å². The molecule has 198 valence electrons. The van der Waals surface area contributed by atoms with Gasteiger partial charge in [0.05, 0.1) is 6.10 Å². The summed E-state index contributed by atoms with van der Waals surface area (Å²) in [5.41, 5.74) is 1.07. The maximum absolute atomic E-state index is 15.9. The first-order chi connectivity index (χ1) is 15.8. The van der Waals surface area contributed by atoms with Gasteiger partial charge in [0.2, 0.25) is 5.67 Å². The summed E-state index contributed by atoms with van der Waals surface area (Å²) in [6, 6.07) is 1.14. The highest BCUT2D eigenvalue weighted by Gasteiger charge is 2.60. The van der Waals surface area contributed by atoms with Crippen molar-refractivity contribution in [3.05, 3.63) is 22.2 Å². The van der Waals surface area contributed by atoms with Gasteiger partial charge < -0.3 is 35.2 Å². The summed E-state index contributed by atoms with van der Waals surface area (Å²) >= 11 is 0. The van der Waals surface area contributed by atoms with Crippen LogP contribution >= 0.6 is 23.5 Å². The first-order valence-electron chi connectivity index (χ1n) is 9.08. The largest absolute Gasteiger partial charge is 0.490 e. The molecule has 1 aliphatic rings. The van der Waals surface area contributed by atoms with Crippen LogP contribution in [0, 0.1) is 18.8 Å². The van der Waals surface area contributed by atoms with Crippen molar-refractivity contribution >= 4 is 29.3 Å². The average Bonchev–Trinajstić information content (AvgIpc) is 2.88. The number of aryl methyl sites for hydroxylation is 1. The summed E-state index contributed by atoms with van der Waals surface area (Å²) in [5, 5.41) is 10.5. The molecule has 3 unspecified atom stereocenters. The Bertz CT molecular complexity index is 1230. The molecule has 2 rings (SSSR count). The molecule has 1 aromatic rings. The summed E-state index contributed by atoms with van der Waals surface area (Å²) in [5.74, 6) is 3.30. The van der Waals surface area contributed by atoms with Gasteiger partial charge in [0.15, 0.2) is 6.23 Å². The Morgan fingerprint density at radius 2 is 1.89 bits per heavy atom. The van der Waals surface area contributed by atoms with Gasteiger partial charge in [0, 0.05) is 5.69 Å². The third-order valence-corrected chi connectivity index (χ3v) is 8.24. The van der Waals surface area contributed by atoms with Gasteiger partial charge in [-0.1, -0.05) is 11.8 Å². The molecule has 0 saturated carbocycles. The van der Waals surface area contributed by atoms with Gasteiger partial charge in [-0.25, -0.2) is 27.3 Å². The molecule has 1 aliphatic heterocycles. The predicted octanol–water partition coefficient (Wildman–Crippen LogP) is -0.195. The Balaban J connectivity index is 2.39. The second kappa shape index (κ2) is 10.4. The zero-order valence-corrected chi connectivity index (χ0v) is 20.3. The van der Waals surface area contributed by atoms with E-state index in [1.807, 2.05) is 0 Å². The van der Waals surface area contributed by atoms with Crippen molar-refractivity contribution in [3.63, 3.8) is 0 Å². The number of aromatic nitrogens is 2. The molecule has 21 heteroatoms. The van der Waals surface area contributed by atoms with E-state index in [2.05, 4.69) is 18.1 Å². The third-order valence-electron chi connectivity index (χ3n) is 4.31. The normalized spacial score (nSPS) is 29.0. The van der Waals surface area contributed by atoms with Crippen molar-refractivity contribution in [2.45, 2.75) is 44.1 Å². The first kappa shape index (κ1) is 29.7. The zero-order valence-electron chi connectivity index (χ0n) is 17.7. The van der Waals surface area contributed by atoms with Crippen molar-refractivity contribution in [3.8, 4) is 11.8 Å². The van der Waals surface area contributed by atoms with Crippen molar-refractivity contribution in [2.75, 3.05) is 12.4 Å². The Kier molecular flexibility index (Phi) is 8.84. The number of nitrogens with zero attached hydrogens (tertiary/aromatic N) is 2. The molecule has 1 aromatic heterocycles. The quantitative estimate of drug-likeness (QED) is 0.175. The maximum atomic E-state index is 15.9. The fourth-order valence-electron chi connectivity index (χ4n) is 3.11. The lowest BCUT2D eigenvalue weighted by molar-refractivity contribution is -0.0786. The fourth-order valence-corrected chi connectivity index (χ4v) is 6.31. The van der Waals surface area contributed by atoms with E-state index < -0.39 is 66.0 Å². The number of alkyl halides is 2. The minimum atomic E-state index is -5.86. The van der Waals surface area contributed by atoms with E-state index in [4.69, 9.17) is 20.3 Å². The monoisotopic (exact) mass is 569 g/mol. The lowest BCUT2D eigenvalue weighted by Crippen LogP contribution is -2.46. The molecule has 0 aliphatic carbocycles. The number of hydrogen-bond acceptors (Lipinski definition) is 11. The van der Waals surface area contributed by atoms with Crippen LogP contribution in [0.1, 0.15) is 18.8 Å². The molecule has 2 heterocycles. The highest BCUT2D eigenvalue weighted by Crippen LogP contribution is 2.66. The third kappa shape index (κ3) is 7.23. The van der Waals surface area contributed by atoms with Crippen molar-refractivity contribution < 1.29 is 65.0 Å². The molecular weight excluding hydrogens is 549 g/mol. The number of halogens is 2. The van der Waals surface area contributed by atoms with Crippen molar-refractivity contribution in [1.29, 1.82) is 0 Å². The van der Waals surface area contributed by atoms with Crippen LogP contribution in [0.15, 0.2) is 10.9 Å². The lowest BCUT2D eigenvalue weighted by Gasteiger charge is -2.26. The Labute approximate surface area is 195 Å². The van der Waals surface area contributed by atoms with E-state index >= 15 is 4.39 Å². The molecule has 7 N–H and O–H groups in total. The van der Waals surface area contributed by atoms with Crippen LogP contribution in [-0.2, 0) is 31.6 Å². The Morgan fingerprint density at radius 3 is 2.40 bits per heavy atom. The molecule has 35 heavy (non-hydrogen) atoms. The Hall–Kier alpha value is -1.57. The number of hydrogen-bond donors (Lipinski definition) is 6. The molecule has 0 spiro atoms. The fraction of sp³-hybridized carbons (Fsp3) is 0.571. The van der Waals surface area contributed by atoms with E-state index in [1.165, 1.54) is 6.92 Å². The van der Waals surface area contributed by atoms with E-state index in [0.29, 0.717) is 4.57 Å². The molecule has 0 aromatic carbocycles. The van der Waals surface area contributed by atoms with E-state index in [9.17, 15) is 37.8 Å². The number of nitrogen functional groups attached to an aromatic ring is 1. The summed E-state index contributed by atoms with van der Waals surface area (Å²) in [6.07, 6.45) is -8.32. The minimum absolute atomic E-state index is 0.0232. The number of rotatable bonds is 8. The average molecular weight is 569 g/mol. The van der Waals surface area contributed by atoms with Gasteiger partial charge >= 0.3 is 29.2 Å². The Morgan fingerprint density at radius 1 is 1.29 bits per heavy atom. The van der Waals surface area contributed by atoms with Crippen LogP contribution in [0.25, 0.3) is 0 Å². The highest BCUT2D eigenvalue weighted by atomic mass is 31.3. The highest BCUT2D eigenvalue weighted by molar-refractivity contribution is 7.66. The number of nitrogens with two attached hydrogens (primary N) is 1. The van der Waals surface area contributed by atoms with Crippen LogP contribution in [0.4, 0.5) is 14.6 Å². The standard InChI is InChI=1S/C14H20F2N3O13P3/c1-7-6-9(17)18-13(21)19(7)12-14(16,4-3-5-15)11(20)10(29-12)8(2)30-34(25,26)32-35(27,28)31-33(22,23)24/h6,8,10-12,20H,5H2,1-2H3,(H,25,26)(H,27,28)(H2,17,18,21)(H2,22,23,24)/t8-,10+,11?,12+,14+/m0/s1. The van der Waals surface area contributed by atoms with Gasteiger partial charge in [0.25, 0.3) is 0 Å². The molecule has 0 amide bonds. The van der Waals surface area contributed by atoms with Crippen LogP contribution < -0.4 is 11.4 Å². The zero-order chi connectivity index (χ0) is 27.0. The SMILES string of the molecule is Cc1cc(N)nc(=O)n1[C@@H]1O[C@H]([C@H](C)OP(=O)(O)OP(=O)(O)OP(=O)(O)O)C(O)[C@]1(F)C#CCF. The molecule has 0 bridgehead atoms. The topological polar surface area (TPSA) is 250 Å². The molecule has 16 nitrogen and oxygen atoms in total. The molecule has 7 atom stereocenters. The summed E-state index contributed by atoms with van der Waals surface area (Å²) in [7, 11) is -17.2. The summed E-state index contributed by atoms with van der Waals surface area (Å²) in [4.78, 5) is 51.8. The van der Waals surface area contributed by atoms with Gasteiger partial charge in [0.1, 0.15) is 24.7 Å². The second-order valence-corrected chi connectivity index (χ2v) is 11.4. The summed E-state index contributed by atoms with van der Waals surface area (Å²) < 4.78 is 80.4. The number of ether oxygens (including phenoxy) is 1. The van der Waals surface area contributed by atoms with E-state index in [1.54, 1.807) is 11.8 Å². The number of phosphoric ester groups is 1. The van der Waals surface area contributed by atoms with Gasteiger partial charge in [-0.3, -0.25) is 9.09 Å². The van der Waals surface area contributed by atoms with Crippen LogP contribution in [0.2, 0.25) is 0 Å². The van der Waals surface area contributed by atoms with Crippen molar-refractivity contribution in [1.82, 2.24) is 9.55 Å². The van der Waals surface area contributed by atoms with E-state index in [0.717, 1.165) is 13.0 Å². The number of phosphoric acid groups is 3. The number of aliphatic hydroxyl groups excluding tert-OH is 1. The number of aliphatic hydroxyl groups is 1. The first-order valence-corrected chi connectivity index (χ1v) is 13.6. The number of anilines is 1. The van der Waals surface area contributed by atoms with Gasteiger partial charge in [-0.2, -0.15) is 13.6 Å². The van der Waals surface area contributed by atoms with Gasteiger partial charge in [-0.15, -0.1) is 0 Å². The molecule has 0 radical (unpaired) electrons. The van der Waals surface area contributed by atoms with Crippen LogP contribution in [0.3, 0.4) is 0 Å². The molecule has 1 fully saturated rings. The minimum Gasteiger partial charge on any atom is -0.386 e. The van der Waals surface area contributed by atoms with Crippen molar-refractivity contribution in [2.24, 2.45) is 0 Å². The smallest absolute Gasteiger partial charge is 0.386 e. The summed E-state index contributed by atoms with van der Waals surface area (Å²) in [6.45, 7) is 0.830. The van der Waals surface area contributed by atoms with E-state index in [-0.39, 0.29) is 11.5 Å². The van der Waals surface area contributed by atoms with Gasteiger partial charge in [-0.05, 0) is 19.9 Å².